The molecule has 0 aliphatic rings. The normalized spacial score (nSPS) is 9.94. The molecule has 1 rings (SSSR count). The van der Waals surface area contributed by atoms with Gasteiger partial charge in [-0.2, -0.15) is 0 Å². The molecule has 16 heavy (non-hydrogen) atoms. The summed E-state index contributed by atoms with van der Waals surface area (Å²) in [5, 5.41) is 0. The van der Waals surface area contributed by atoms with Crippen LogP contribution in [0.4, 0.5) is 10.1 Å². The zero-order valence-electron chi connectivity index (χ0n) is 9.24. The quantitative estimate of drug-likeness (QED) is 0.447. The average Bonchev–Trinajstić information content (AvgIpc) is 2.29. The van der Waals surface area contributed by atoms with Crippen LogP contribution in [0.3, 0.4) is 0 Å². The second-order valence-electron chi connectivity index (χ2n) is 3.57. The molecule has 1 aromatic carbocycles. The molecule has 0 unspecified atom stereocenters. The summed E-state index contributed by atoms with van der Waals surface area (Å²) in [7, 11) is 1.90. The first-order valence-electron chi connectivity index (χ1n) is 5.09. The molecule has 0 saturated heterocycles. The van der Waals surface area contributed by atoms with Crippen LogP contribution in [0.15, 0.2) is 24.3 Å². The van der Waals surface area contributed by atoms with Gasteiger partial charge in [0.1, 0.15) is 5.82 Å². The van der Waals surface area contributed by atoms with Crippen LogP contribution in [0.2, 0.25) is 0 Å². The predicted molar refractivity (Wildman–Crippen MR) is 61.2 cm³/mol. The van der Waals surface area contributed by atoms with Crippen molar-refractivity contribution in [3.63, 3.8) is 0 Å². The van der Waals surface area contributed by atoms with E-state index < -0.39 is 0 Å². The number of carbonyl (C=O) groups excluding carboxylic acids is 1. The van der Waals surface area contributed by atoms with Crippen LogP contribution in [0.25, 0.3) is 0 Å². The van der Waals surface area contributed by atoms with Crippen molar-refractivity contribution in [2.45, 2.75) is 12.8 Å². The maximum atomic E-state index is 12.7. The lowest BCUT2D eigenvalue weighted by Gasteiger charge is -2.18. The van der Waals surface area contributed by atoms with Gasteiger partial charge >= 0.3 is 0 Å². The molecule has 4 nitrogen and oxygen atoms in total. The van der Waals surface area contributed by atoms with Gasteiger partial charge in [-0.05, 0) is 30.7 Å². The van der Waals surface area contributed by atoms with E-state index in [1.165, 1.54) is 12.1 Å². The topological polar surface area (TPSA) is 58.4 Å². The summed E-state index contributed by atoms with van der Waals surface area (Å²) in [6.07, 6.45) is 1.10. The monoisotopic (exact) mass is 225 g/mol. The zero-order valence-corrected chi connectivity index (χ0v) is 9.24. The number of nitrogens with two attached hydrogens (primary N) is 1. The van der Waals surface area contributed by atoms with E-state index in [4.69, 9.17) is 5.84 Å². The molecule has 88 valence electrons. The molecule has 0 heterocycles. The van der Waals surface area contributed by atoms with Crippen molar-refractivity contribution < 1.29 is 9.18 Å². The molecule has 0 saturated carbocycles. The number of hydrogen-bond acceptors (Lipinski definition) is 3. The molecule has 0 radical (unpaired) electrons. The third-order valence-electron chi connectivity index (χ3n) is 2.33. The third-order valence-corrected chi connectivity index (χ3v) is 2.33. The summed E-state index contributed by atoms with van der Waals surface area (Å²) in [4.78, 5) is 12.8. The van der Waals surface area contributed by atoms with E-state index in [1.807, 2.05) is 11.9 Å². The van der Waals surface area contributed by atoms with Crippen molar-refractivity contribution in [1.82, 2.24) is 5.43 Å². The van der Waals surface area contributed by atoms with Crippen molar-refractivity contribution >= 4 is 11.6 Å². The number of anilines is 1. The highest BCUT2D eigenvalue weighted by molar-refractivity contribution is 5.75. The maximum absolute atomic E-state index is 12.7. The molecule has 0 bridgehead atoms. The van der Waals surface area contributed by atoms with Gasteiger partial charge in [-0.15, -0.1) is 0 Å². The van der Waals surface area contributed by atoms with Gasteiger partial charge in [-0.1, -0.05) is 0 Å². The molecular weight excluding hydrogens is 209 g/mol. The molecule has 0 aliphatic carbocycles. The Hall–Kier alpha value is -1.62. The van der Waals surface area contributed by atoms with Crippen LogP contribution in [-0.4, -0.2) is 19.5 Å². The van der Waals surface area contributed by atoms with Crippen molar-refractivity contribution in [3.05, 3.63) is 30.1 Å². The molecule has 0 aromatic heterocycles. The number of halogens is 1. The number of benzene rings is 1. The first-order valence-corrected chi connectivity index (χ1v) is 5.09. The maximum Gasteiger partial charge on any atom is 0.233 e. The Labute approximate surface area is 94.2 Å². The van der Waals surface area contributed by atoms with Gasteiger partial charge in [0, 0.05) is 25.7 Å². The molecule has 5 heteroatoms. The van der Waals surface area contributed by atoms with E-state index in [0.29, 0.717) is 12.8 Å². The number of nitrogens with one attached hydrogen (secondary N) is 1. The second kappa shape index (κ2) is 6.07. The van der Waals surface area contributed by atoms with E-state index in [2.05, 4.69) is 5.43 Å². The van der Waals surface area contributed by atoms with Gasteiger partial charge in [0.05, 0.1) is 0 Å². The van der Waals surface area contributed by atoms with E-state index >= 15 is 0 Å². The fourth-order valence-corrected chi connectivity index (χ4v) is 1.37. The van der Waals surface area contributed by atoms with Crippen LogP contribution in [-0.2, 0) is 4.79 Å². The lowest BCUT2D eigenvalue weighted by Crippen LogP contribution is -2.30. The summed E-state index contributed by atoms with van der Waals surface area (Å²) in [6, 6.07) is 6.24. The van der Waals surface area contributed by atoms with Gasteiger partial charge in [-0.3, -0.25) is 10.2 Å². The average molecular weight is 225 g/mol. The minimum Gasteiger partial charge on any atom is -0.375 e. The molecule has 1 amide bonds. The number of amides is 1. The van der Waals surface area contributed by atoms with Crippen LogP contribution < -0.4 is 16.2 Å². The smallest absolute Gasteiger partial charge is 0.233 e. The Bertz CT molecular complexity index is 340. The largest absolute Gasteiger partial charge is 0.375 e. The molecule has 0 fully saturated rings. The Morgan fingerprint density at radius 1 is 1.44 bits per heavy atom. The molecule has 0 atom stereocenters. The lowest BCUT2D eigenvalue weighted by atomic mass is 10.2. The Kier molecular flexibility index (Phi) is 4.72. The SMILES string of the molecule is CN(CCCC(=O)NN)c1ccc(F)cc1. The van der Waals surface area contributed by atoms with Crippen molar-refractivity contribution in [1.29, 1.82) is 0 Å². The summed E-state index contributed by atoms with van der Waals surface area (Å²) < 4.78 is 12.7. The lowest BCUT2D eigenvalue weighted by molar-refractivity contribution is -0.121. The second-order valence-corrected chi connectivity index (χ2v) is 3.57. The standard InChI is InChI=1S/C11H16FN3O/c1-15(8-2-3-11(16)14-13)10-6-4-9(12)5-7-10/h4-7H,2-3,8,13H2,1H3,(H,14,16). The van der Waals surface area contributed by atoms with Crippen molar-refractivity contribution in [2.24, 2.45) is 5.84 Å². The number of hydrogen-bond donors (Lipinski definition) is 2. The summed E-state index contributed by atoms with van der Waals surface area (Å²) >= 11 is 0. The number of nitrogens with zero attached hydrogens (tertiary/aromatic N) is 1. The summed E-state index contributed by atoms with van der Waals surface area (Å²) in [5.41, 5.74) is 3.00. The van der Waals surface area contributed by atoms with Crippen LogP contribution in [0.1, 0.15) is 12.8 Å². The highest BCUT2D eigenvalue weighted by Gasteiger charge is 2.03. The number of carbonyl (C=O) groups is 1. The van der Waals surface area contributed by atoms with E-state index in [9.17, 15) is 9.18 Å². The molecule has 0 aliphatic heterocycles. The van der Waals surface area contributed by atoms with Crippen molar-refractivity contribution in [3.8, 4) is 0 Å². The molecule has 1 aromatic rings. The van der Waals surface area contributed by atoms with Crippen molar-refractivity contribution in [2.75, 3.05) is 18.5 Å². The highest BCUT2D eigenvalue weighted by atomic mass is 19.1. The summed E-state index contributed by atoms with van der Waals surface area (Å²) in [6.45, 7) is 0.721. The zero-order chi connectivity index (χ0) is 12.0. The Morgan fingerprint density at radius 3 is 2.62 bits per heavy atom. The third kappa shape index (κ3) is 3.86. The van der Waals surface area contributed by atoms with Gasteiger partial charge in [0.25, 0.3) is 0 Å². The predicted octanol–water partition coefficient (Wildman–Crippen LogP) is 1.03. The van der Waals surface area contributed by atoms with E-state index in [1.54, 1.807) is 12.1 Å². The number of hydrazine groups is 1. The summed E-state index contributed by atoms with van der Waals surface area (Å²) in [5.74, 6) is 4.54. The van der Waals surface area contributed by atoms with Crippen LogP contribution in [0, 0.1) is 5.82 Å². The number of rotatable bonds is 5. The molecule has 3 N–H and O–H groups in total. The molecular formula is C11H16FN3O. The van der Waals surface area contributed by atoms with Gasteiger partial charge in [-0.25, -0.2) is 10.2 Å². The van der Waals surface area contributed by atoms with E-state index in [-0.39, 0.29) is 11.7 Å². The fraction of sp³-hybridized carbons (Fsp3) is 0.364. The fourth-order valence-electron chi connectivity index (χ4n) is 1.37. The van der Waals surface area contributed by atoms with Gasteiger partial charge in [0.15, 0.2) is 0 Å². The van der Waals surface area contributed by atoms with Crippen LogP contribution in [0.5, 0.6) is 0 Å². The molecule has 0 spiro atoms. The van der Waals surface area contributed by atoms with Gasteiger partial charge < -0.3 is 4.90 Å². The minimum absolute atomic E-state index is 0.174. The Morgan fingerprint density at radius 2 is 2.06 bits per heavy atom. The first-order chi connectivity index (χ1) is 7.63. The van der Waals surface area contributed by atoms with Crippen LogP contribution >= 0.6 is 0 Å². The minimum atomic E-state index is -0.250. The highest BCUT2D eigenvalue weighted by Crippen LogP contribution is 2.13. The Balaban J connectivity index is 2.37. The van der Waals surface area contributed by atoms with Gasteiger partial charge in [0.2, 0.25) is 5.91 Å². The van der Waals surface area contributed by atoms with E-state index in [0.717, 1.165) is 12.2 Å². The first kappa shape index (κ1) is 12.4.